The molecule has 0 bridgehead atoms. The van der Waals surface area contributed by atoms with Gasteiger partial charge >= 0.3 is 0 Å². The Bertz CT molecular complexity index is 2500. The van der Waals surface area contributed by atoms with Crippen molar-refractivity contribution in [3.63, 3.8) is 0 Å². The molecule has 0 spiro atoms. The van der Waals surface area contributed by atoms with Crippen LogP contribution in [0.25, 0.3) is 32.9 Å². The molecule has 17 heteroatoms. The number of halogens is 2. The summed E-state index contributed by atoms with van der Waals surface area (Å²) >= 11 is 0. The van der Waals surface area contributed by atoms with E-state index >= 15 is 0 Å². The van der Waals surface area contributed by atoms with E-state index < -0.39 is 11.8 Å². The third-order valence-corrected chi connectivity index (χ3v) is 9.02. The van der Waals surface area contributed by atoms with Gasteiger partial charge in [-0.15, -0.1) is 24.8 Å². The molecule has 0 aliphatic rings. The molecular weight excluding hydrogens is 799 g/mol. The molecule has 15 nitrogen and oxygen atoms in total. The van der Waals surface area contributed by atoms with E-state index in [1.165, 1.54) is 21.5 Å². The van der Waals surface area contributed by atoms with Crippen molar-refractivity contribution < 1.29 is 26.0 Å². The number of fused-ring (bicyclic) bond motifs is 2. The number of hydrogen-bond donors (Lipinski definition) is 4. The van der Waals surface area contributed by atoms with Crippen LogP contribution in [0.2, 0.25) is 0 Å². The lowest BCUT2D eigenvalue weighted by atomic mass is 10.0. The smallest absolute Gasteiger partial charge is 0.282 e. The molecule has 0 aliphatic heterocycles. The van der Waals surface area contributed by atoms with E-state index in [-0.39, 0.29) is 75.4 Å². The summed E-state index contributed by atoms with van der Waals surface area (Å²) in [5.74, 6) is -1.80. The van der Waals surface area contributed by atoms with E-state index in [2.05, 4.69) is 9.98 Å². The molecule has 6 rings (SSSR count). The Morgan fingerprint density at radius 1 is 0.458 bits per heavy atom. The minimum atomic E-state index is -0.582. The Labute approximate surface area is 353 Å². The lowest BCUT2D eigenvalue weighted by molar-refractivity contribution is 0.0995. The first-order valence-corrected chi connectivity index (χ1v) is 17.1. The molecule has 0 saturated carbocycles. The highest BCUT2D eigenvalue weighted by molar-refractivity contribution is 6.11. The number of aliphatic imine (C=N–C) groups is 2. The standard InChI is InChI=1S/2C21H22N4O2.2ClH.3H2O/c2*1-11-5-6-15-16(9-11)17(19(26)24-21(22)23)10-25(20(15)27)18-13(3)7-12(2)8-14(18)4;;;;;/h2*5-10H,1-4H3,(H4,22,23,24,26);2*1H;3*1H2. The molecular formula is C42H52Cl2N8O7. The minimum Gasteiger partial charge on any atom is -0.412 e. The summed E-state index contributed by atoms with van der Waals surface area (Å²) in [4.78, 5) is 59.0. The SMILES string of the molecule is Cc1cc(C)c(-n2cc(C(=O)N=C(N)N)c3cc(C)ccc3c2=O)c(C)c1.Cc1cc(C)c(-n2cc(C(=O)N=C(N)N)c3cc(C)ccc3c2=O)c(C)c1.Cl.Cl.O.O.O. The summed E-state index contributed by atoms with van der Waals surface area (Å²) in [5.41, 5.74) is 31.1. The summed E-state index contributed by atoms with van der Waals surface area (Å²) in [6.07, 6.45) is 3.06. The van der Waals surface area contributed by atoms with E-state index in [9.17, 15) is 19.2 Å². The van der Waals surface area contributed by atoms with Crippen molar-refractivity contribution in [2.75, 3.05) is 0 Å². The zero-order valence-corrected chi connectivity index (χ0v) is 35.6. The van der Waals surface area contributed by atoms with Gasteiger partial charge in [0.15, 0.2) is 11.9 Å². The minimum absolute atomic E-state index is 0. The number of guanidine groups is 2. The molecule has 4 aromatic carbocycles. The largest absolute Gasteiger partial charge is 0.412 e. The summed E-state index contributed by atoms with van der Waals surface area (Å²) in [6, 6.07) is 18.8. The zero-order chi connectivity index (χ0) is 39.8. The summed E-state index contributed by atoms with van der Waals surface area (Å²) in [6.45, 7) is 15.6. The van der Waals surface area contributed by atoms with Crippen LogP contribution in [0.1, 0.15) is 65.2 Å². The van der Waals surface area contributed by atoms with Crippen molar-refractivity contribution in [2.45, 2.75) is 55.4 Å². The van der Waals surface area contributed by atoms with Gasteiger partial charge in [0, 0.05) is 33.9 Å². The van der Waals surface area contributed by atoms with Crippen LogP contribution in [0.4, 0.5) is 0 Å². The van der Waals surface area contributed by atoms with Gasteiger partial charge in [-0.05, 0) is 89.8 Å². The second kappa shape index (κ2) is 20.9. The number of carbonyl (C=O) groups is 2. The topological polar surface area (TPSA) is 301 Å². The summed E-state index contributed by atoms with van der Waals surface area (Å²) < 4.78 is 3.02. The maximum Gasteiger partial charge on any atom is 0.282 e. The van der Waals surface area contributed by atoms with Crippen LogP contribution in [0, 0.1) is 55.4 Å². The average Bonchev–Trinajstić information content (AvgIpc) is 3.05. The molecule has 0 fully saturated rings. The van der Waals surface area contributed by atoms with Crippen molar-refractivity contribution >= 4 is 70.1 Å². The molecule has 316 valence electrons. The Hall–Kier alpha value is -6.36. The van der Waals surface area contributed by atoms with Gasteiger partial charge in [0.2, 0.25) is 0 Å². The first-order chi connectivity index (χ1) is 25.4. The monoisotopic (exact) mass is 850 g/mol. The molecule has 2 heterocycles. The Morgan fingerprint density at radius 2 is 0.746 bits per heavy atom. The normalized spacial score (nSPS) is 9.90. The van der Waals surface area contributed by atoms with Gasteiger partial charge in [0.25, 0.3) is 22.9 Å². The van der Waals surface area contributed by atoms with Crippen LogP contribution in [-0.2, 0) is 0 Å². The second-order valence-electron chi connectivity index (χ2n) is 13.7. The van der Waals surface area contributed by atoms with E-state index in [0.717, 1.165) is 55.9 Å². The Kier molecular flexibility index (Phi) is 18.6. The molecule has 0 aliphatic carbocycles. The molecule has 0 atom stereocenters. The number of hydrogen-bond acceptors (Lipinski definition) is 4. The second-order valence-corrected chi connectivity index (χ2v) is 13.7. The number of carbonyl (C=O) groups excluding carboxylic acids is 2. The quantitative estimate of drug-likeness (QED) is 0.150. The number of nitrogens with zero attached hydrogens (tertiary/aromatic N) is 4. The van der Waals surface area contributed by atoms with E-state index in [1.807, 2.05) is 91.8 Å². The first-order valence-electron chi connectivity index (χ1n) is 17.1. The number of amides is 2. The third-order valence-electron chi connectivity index (χ3n) is 9.02. The molecule has 6 aromatic rings. The molecule has 2 amide bonds. The first kappa shape index (κ1) is 52.6. The molecule has 14 N–H and O–H groups in total. The molecule has 59 heavy (non-hydrogen) atoms. The van der Waals surface area contributed by atoms with Gasteiger partial charge in [-0.3, -0.25) is 28.3 Å². The number of aryl methyl sites for hydroxylation is 8. The Morgan fingerprint density at radius 3 is 1.02 bits per heavy atom. The van der Waals surface area contributed by atoms with Crippen molar-refractivity contribution in [2.24, 2.45) is 32.9 Å². The maximum absolute atomic E-state index is 13.2. The lowest BCUT2D eigenvalue weighted by Crippen LogP contribution is -2.25. The van der Waals surface area contributed by atoms with Gasteiger partial charge in [-0.1, -0.05) is 70.8 Å². The zero-order valence-electron chi connectivity index (χ0n) is 34.0. The fourth-order valence-electron chi connectivity index (χ4n) is 7.04. The Balaban J connectivity index is 0.00000105. The number of aromatic nitrogens is 2. The number of pyridine rings is 2. The van der Waals surface area contributed by atoms with Crippen LogP contribution in [0.5, 0.6) is 0 Å². The van der Waals surface area contributed by atoms with E-state index in [4.69, 9.17) is 22.9 Å². The number of nitrogens with two attached hydrogens (primary N) is 4. The third kappa shape index (κ3) is 11.0. The van der Waals surface area contributed by atoms with Gasteiger partial charge < -0.3 is 39.4 Å². The van der Waals surface area contributed by atoms with Crippen molar-refractivity contribution in [3.8, 4) is 11.4 Å². The van der Waals surface area contributed by atoms with Crippen LogP contribution in [0.3, 0.4) is 0 Å². The highest BCUT2D eigenvalue weighted by Gasteiger charge is 2.19. The molecule has 2 aromatic heterocycles. The van der Waals surface area contributed by atoms with Gasteiger partial charge in [-0.2, -0.15) is 9.98 Å². The molecule has 0 saturated heterocycles. The van der Waals surface area contributed by atoms with Crippen LogP contribution < -0.4 is 34.1 Å². The summed E-state index contributed by atoms with van der Waals surface area (Å²) in [5, 5.41) is 1.95. The van der Waals surface area contributed by atoms with E-state index in [1.54, 1.807) is 24.3 Å². The molecule has 0 radical (unpaired) electrons. The van der Waals surface area contributed by atoms with Gasteiger partial charge in [0.05, 0.1) is 22.5 Å². The van der Waals surface area contributed by atoms with Crippen molar-refractivity contribution in [1.29, 1.82) is 0 Å². The van der Waals surface area contributed by atoms with Crippen LogP contribution >= 0.6 is 24.8 Å². The highest BCUT2D eigenvalue weighted by Crippen LogP contribution is 2.26. The lowest BCUT2D eigenvalue weighted by Gasteiger charge is -2.16. The van der Waals surface area contributed by atoms with Gasteiger partial charge in [0.1, 0.15) is 0 Å². The van der Waals surface area contributed by atoms with Crippen molar-refractivity contribution in [1.82, 2.24) is 9.13 Å². The van der Waals surface area contributed by atoms with Gasteiger partial charge in [-0.25, -0.2) is 0 Å². The van der Waals surface area contributed by atoms with E-state index in [0.29, 0.717) is 21.5 Å². The average molecular weight is 852 g/mol. The number of rotatable bonds is 4. The number of benzene rings is 4. The highest BCUT2D eigenvalue weighted by atomic mass is 35.5. The summed E-state index contributed by atoms with van der Waals surface area (Å²) in [7, 11) is 0. The fraction of sp³-hybridized carbons (Fsp3) is 0.190. The molecule has 0 unspecified atom stereocenters. The predicted octanol–water partition coefficient (Wildman–Crippen LogP) is 3.65. The van der Waals surface area contributed by atoms with Crippen molar-refractivity contribution in [3.05, 3.63) is 149 Å². The maximum atomic E-state index is 13.2. The van der Waals surface area contributed by atoms with Crippen LogP contribution in [-0.4, -0.2) is 49.3 Å². The van der Waals surface area contributed by atoms with Crippen LogP contribution in [0.15, 0.2) is 92.6 Å². The predicted molar refractivity (Wildman–Crippen MR) is 243 cm³/mol. The fourth-order valence-corrected chi connectivity index (χ4v) is 7.04.